The molecule has 1 aliphatic carbocycles. The largest absolute Gasteiger partial charge is 0.445 e. The quantitative estimate of drug-likeness (QED) is 0.0429. The molecule has 87 heavy (non-hydrogen) atoms. The van der Waals surface area contributed by atoms with Gasteiger partial charge in [0.15, 0.2) is 5.78 Å². The van der Waals surface area contributed by atoms with Crippen LogP contribution in [-0.2, 0) is 49.6 Å². The van der Waals surface area contributed by atoms with E-state index in [0.717, 1.165) is 30.6 Å². The number of imide groups is 1. The molecule has 0 saturated carbocycles. The molecule has 0 radical (unpaired) electrons. The molecule has 21 nitrogen and oxygen atoms in total. The average Bonchev–Trinajstić information content (AvgIpc) is 4.32. The fourth-order valence-corrected chi connectivity index (χ4v) is 12.9. The summed E-state index contributed by atoms with van der Waals surface area (Å²) in [6, 6.07) is 10.6. The molecular weight excluding hydrogens is 1130 g/mol. The van der Waals surface area contributed by atoms with Crippen molar-refractivity contribution >= 4 is 65.2 Å². The number of aliphatic hydroxyl groups is 1. The zero-order valence-electron chi connectivity index (χ0n) is 53.4. The van der Waals surface area contributed by atoms with E-state index in [9.17, 15) is 48.3 Å². The summed E-state index contributed by atoms with van der Waals surface area (Å²) in [6.45, 7) is 14.7. The van der Waals surface area contributed by atoms with E-state index in [1.165, 1.54) is 56.1 Å². The van der Waals surface area contributed by atoms with E-state index in [-0.39, 0.29) is 103 Å². The molecule has 5 rings (SSSR count). The molecule has 8 amide bonds. The fourth-order valence-electron chi connectivity index (χ4n) is 12.2. The molecule has 0 aromatic heterocycles. The van der Waals surface area contributed by atoms with Crippen molar-refractivity contribution in [2.24, 2.45) is 29.6 Å². The minimum Gasteiger partial charge on any atom is -0.445 e. The number of benzene rings is 2. The van der Waals surface area contributed by atoms with Crippen molar-refractivity contribution < 1.29 is 67.2 Å². The number of amides is 8. The standard InChI is InChI=1S/C65H97N7O14S/c1-14-41(6)57(52(83-11)36-54(74)71-32-23-28-49(71)59(84-12)42(7)60(77)67-43(8)58(76)45-24-19-18-20-25-45)69(9)62(79)47(39(2)3)35-50(73)56(40(4)5)70(10)65(82)85-38-44-29-30-51(86-64(81)68-46-26-21-16-15-17-22-27-46)48(34-44)61(78)66-31-33-72-55(75)37-53(87-13)63(72)80/h18-21,24-26,29-30,34,39-43,46-47,49,52-53,56-59,76H,14-17,22-23,27-28,31-33,35-38H2,1-13H3,(H,66,78)(H,67,77)(H,68,81)/b26-21+/t41-,42+,43+,46?,47-,49-,52+,53?,56-,57-,58+,59+/m0/s1. The van der Waals surface area contributed by atoms with Gasteiger partial charge in [0.1, 0.15) is 12.4 Å². The number of aliphatic hydroxyl groups excluding tert-OH is 1. The highest BCUT2D eigenvalue weighted by Crippen LogP contribution is 2.32. The van der Waals surface area contributed by atoms with Gasteiger partial charge in [-0.1, -0.05) is 116 Å². The maximum absolute atomic E-state index is 14.9. The van der Waals surface area contributed by atoms with Gasteiger partial charge in [0.05, 0.1) is 71.7 Å². The van der Waals surface area contributed by atoms with Gasteiger partial charge >= 0.3 is 12.2 Å². The van der Waals surface area contributed by atoms with Gasteiger partial charge in [0, 0.05) is 66.7 Å². The van der Waals surface area contributed by atoms with Gasteiger partial charge in [-0.25, -0.2) is 9.59 Å². The monoisotopic (exact) mass is 1230 g/mol. The molecule has 0 bridgehead atoms. The smallest absolute Gasteiger partial charge is 0.413 e. The molecule has 0 spiro atoms. The van der Waals surface area contributed by atoms with E-state index < -0.39 is 83.6 Å². The Labute approximate surface area is 519 Å². The molecule has 2 aromatic carbocycles. The van der Waals surface area contributed by atoms with Crippen LogP contribution in [0.5, 0.6) is 5.75 Å². The lowest BCUT2D eigenvalue weighted by atomic mass is 9.83. The number of ketones is 1. The first-order valence-corrected chi connectivity index (χ1v) is 32.2. The van der Waals surface area contributed by atoms with E-state index in [1.54, 1.807) is 62.9 Å². The first-order chi connectivity index (χ1) is 41.4. The maximum atomic E-state index is 14.9. The number of rotatable bonds is 30. The minimum absolute atomic E-state index is 0.0612. The summed E-state index contributed by atoms with van der Waals surface area (Å²) in [5, 5.41) is 19.0. The number of Topliss-reactive ketones (excluding diaryl/α,β-unsaturated/α-hetero) is 1. The number of methoxy groups -OCH3 is 2. The van der Waals surface area contributed by atoms with Gasteiger partial charge in [-0.15, -0.1) is 0 Å². The average molecular weight is 1230 g/mol. The Kier molecular flexibility index (Phi) is 28.2. The fraction of sp³-hybridized carbons (Fsp3) is 0.646. The number of likely N-dealkylation sites (N-methyl/N-ethyl adjacent to an activating group) is 2. The number of thioether (sulfide) groups is 1. The van der Waals surface area contributed by atoms with Crippen LogP contribution in [0.1, 0.15) is 154 Å². The van der Waals surface area contributed by atoms with Crippen LogP contribution in [0.15, 0.2) is 60.7 Å². The van der Waals surface area contributed by atoms with Crippen LogP contribution in [0.4, 0.5) is 9.59 Å². The number of carbonyl (C=O) groups is 9. The highest BCUT2D eigenvalue weighted by Gasteiger charge is 2.44. The number of ether oxygens (including phenoxy) is 4. The molecule has 22 heteroatoms. The molecule has 2 aromatic rings. The zero-order chi connectivity index (χ0) is 64.2. The third kappa shape index (κ3) is 19.3. The third-order valence-electron chi connectivity index (χ3n) is 17.5. The molecule has 2 saturated heterocycles. The number of nitrogens with one attached hydrogen (secondary N) is 3. The second-order valence-corrected chi connectivity index (χ2v) is 25.3. The van der Waals surface area contributed by atoms with Gasteiger partial charge in [-0.2, -0.15) is 11.8 Å². The Hall–Kier alpha value is -6.36. The van der Waals surface area contributed by atoms with E-state index in [1.807, 2.05) is 58.0 Å². The van der Waals surface area contributed by atoms with Gasteiger partial charge in [-0.05, 0) is 86.3 Å². The molecule has 4 N–H and O–H groups in total. The number of hydrogen-bond acceptors (Lipinski definition) is 15. The van der Waals surface area contributed by atoms with E-state index in [0.29, 0.717) is 43.4 Å². The Balaban J connectivity index is 1.26. The maximum Gasteiger partial charge on any atom is 0.413 e. The van der Waals surface area contributed by atoms with Crippen LogP contribution in [-0.4, -0.2) is 180 Å². The normalized spacial score (nSPS) is 20.6. The summed E-state index contributed by atoms with van der Waals surface area (Å²) in [6.07, 6.45) is 8.08. The van der Waals surface area contributed by atoms with Crippen LogP contribution in [0.2, 0.25) is 0 Å². The number of hydrogen-bond donors (Lipinski definition) is 4. The number of allylic oxidation sites excluding steroid dienone is 1. The summed E-state index contributed by atoms with van der Waals surface area (Å²) in [5.41, 5.74) is 0.951. The highest BCUT2D eigenvalue weighted by atomic mass is 32.2. The van der Waals surface area contributed by atoms with Crippen LogP contribution < -0.4 is 20.7 Å². The Morgan fingerprint density at radius 3 is 2.20 bits per heavy atom. The van der Waals surface area contributed by atoms with Crippen molar-refractivity contribution in [3.05, 3.63) is 77.4 Å². The van der Waals surface area contributed by atoms with Crippen molar-refractivity contribution in [3.8, 4) is 5.75 Å². The summed E-state index contributed by atoms with van der Waals surface area (Å²) in [5.74, 6) is -5.03. The molecule has 3 aliphatic rings. The third-order valence-corrected chi connectivity index (χ3v) is 18.4. The number of likely N-dealkylation sites (tertiary alicyclic amines) is 2. The number of carbonyl (C=O) groups excluding carboxylic acids is 9. The summed E-state index contributed by atoms with van der Waals surface area (Å²) in [4.78, 5) is 130. The molecule has 2 unspecified atom stereocenters. The molecule has 2 fully saturated rings. The van der Waals surface area contributed by atoms with Crippen molar-refractivity contribution in [2.75, 3.05) is 54.2 Å². The number of nitrogens with zero attached hydrogens (tertiary/aromatic N) is 4. The second kappa shape index (κ2) is 34.4. The predicted molar refractivity (Wildman–Crippen MR) is 332 cm³/mol. The van der Waals surface area contributed by atoms with E-state index >= 15 is 0 Å². The Morgan fingerprint density at radius 2 is 1.56 bits per heavy atom. The minimum atomic E-state index is -1.02. The Morgan fingerprint density at radius 1 is 0.851 bits per heavy atom. The van der Waals surface area contributed by atoms with Crippen molar-refractivity contribution in [2.45, 2.75) is 186 Å². The molecule has 2 aliphatic heterocycles. The Bertz CT molecular complexity index is 2690. The second-order valence-electron chi connectivity index (χ2n) is 24.2. The van der Waals surface area contributed by atoms with Crippen molar-refractivity contribution in [1.29, 1.82) is 0 Å². The lowest BCUT2D eigenvalue weighted by Gasteiger charge is -2.41. The molecule has 12 atom stereocenters. The van der Waals surface area contributed by atoms with Gasteiger partial charge in [0.2, 0.25) is 29.5 Å². The zero-order valence-corrected chi connectivity index (χ0v) is 54.2. The SMILES string of the molecule is CC[C@H](C)[C@@H]([C@@H](CC(=O)N1CCC[C@H]1[C@H](OC)[C@@H](C)C(=O)N[C@H](C)[C@@H](O)c1ccccc1)OC)N(C)C(=O)[C@@H](CC(=O)[C@H](C(C)C)N(C)C(=O)OCc1ccc(OC(=O)NC2/C=C/CCCCC2)c(C(=O)NCCN2C(=O)CC(SC)C2=O)c1)C(C)C. The lowest BCUT2D eigenvalue weighted by molar-refractivity contribution is -0.149. The van der Waals surface area contributed by atoms with Crippen molar-refractivity contribution in [3.63, 3.8) is 0 Å². The highest BCUT2D eigenvalue weighted by molar-refractivity contribution is 8.00. The molecule has 482 valence electrons. The first-order valence-electron chi connectivity index (χ1n) is 30.9. The van der Waals surface area contributed by atoms with Gasteiger partial charge in [0.25, 0.3) is 5.91 Å². The lowest BCUT2D eigenvalue weighted by Crippen LogP contribution is -2.55. The van der Waals surface area contributed by atoms with Crippen LogP contribution >= 0.6 is 11.8 Å². The first kappa shape index (κ1) is 71.4. The molecular formula is C65H97N7O14S. The van der Waals surface area contributed by atoms with Gasteiger partial charge < -0.3 is 54.7 Å². The molecule has 2 heterocycles. The topological polar surface area (TPSA) is 260 Å². The van der Waals surface area contributed by atoms with E-state index in [2.05, 4.69) is 16.0 Å². The van der Waals surface area contributed by atoms with E-state index in [4.69, 9.17) is 18.9 Å². The van der Waals surface area contributed by atoms with Crippen LogP contribution in [0.3, 0.4) is 0 Å². The van der Waals surface area contributed by atoms with Crippen molar-refractivity contribution in [1.82, 2.24) is 35.6 Å². The summed E-state index contributed by atoms with van der Waals surface area (Å²) >= 11 is 1.28. The van der Waals surface area contributed by atoms with Gasteiger partial charge in [-0.3, -0.25) is 38.5 Å². The summed E-state index contributed by atoms with van der Waals surface area (Å²) in [7, 11) is 6.16. The van der Waals surface area contributed by atoms with Crippen LogP contribution in [0, 0.1) is 29.6 Å². The predicted octanol–water partition coefficient (Wildman–Crippen LogP) is 7.87. The summed E-state index contributed by atoms with van der Waals surface area (Å²) < 4.78 is 23.6. The van der Waals surface area contributed by atoms with Crippen LogP contribution in [0.25, 0.3) is 0 Å².